The summed E-state index contributed by atoms with van der Waals surface area (Å²) < 4.78 is 11.1. The second-order valence-electron chi connectivity index (χ2n) is 5.93. The second-order valence-corrected chi connectivity index (χ2v) is 6.37. The summed E-state index contributed by atoms with van der Waals surface area (Å²) in [5, 5.41) is 16.5. The van der Waals surface area contributed by atoms with Gasteiger partial charge in [0.05, 0.1) is 13.2 Å². The molecular weight excluding hydrogens is 457 g/mol. The molecule has 0 saturated carbocycles. The van der Waals surface area contributed by atoms with Gasteiger partial charge in [-0.05, 0) is 37.1 Å². The standard InChI is InChI=1S/C17H26ClN3O3.HI/c1-19-16(21-12-17(6-9-22)7-10-23-13-17)20-8-11-24-15-4-2-14(18)3-5-15;/h2-5,22H,6-13H2,1H3,(H2,19,20,21);1H. The fourth-order valence-electron chi connectivity index (χ4n) is 2.67. The Hall–Kier alpha value is -0.770. The van der Waals surface area contributed by atoms with Gasteiger partial charge in [0.15, 0.2) is 5.96 Å². The van der Waals surface area contributed by atoms with E-state index in [0.29, 0.717) is 24.8 Å². The molecule has 8 heteroatoms. The number of aliphatic hydroxyl groups is 1. The van der Waals surface area contributed by atoms with E-state index in [1.165, 1.54) is 0 Å². The molecule has 1 fully saturated rings. The van der Waals surface area contributed by atoms with Gasteiger partial charge in [-0.25, -0.2) is 0 Å². The van der Waals surface area contributed by atoms with Gasteiger partial charge in [0.25, 0.3) is 0 Å². The quantitative estimate of drug-likeness (QED) is 0.229. The highest BCUT2D eigenvalue weighted by molar-refractivity contribution is 14.0. The number of aliphatic hydroxyl groups excluding tert-OH is 1. The molecule has 1 aromatic rings. The summed E-state index contributed by atoms with van der Waals surface area (Å²) in [5.41, 5.74) is -0.00776. The maximum Gasteiger partial charge on any atom is 0.191 e. The molecule has 0 aromatic heterocycles. The Labute approximate surface area is 171 Å². The lowest BCUT2D eigenvalue weighted by molar-refractivity contribution is 0.127. The van der Waals surface area contributed by atoms with Crippen molar-refractivity contribution in [3.05, 3.63) is 29.3 Å². The minimum Gasteiger partial charge on any atom is -0.492 e. The molecule has 1 aliphatic rings. The molecular formula is C17H27ClIN3O3. The number of guanidine groups is 1. The van der Waals surface area contributed by atoms with Crippen LogP contribution in [-0.4, -0.2) is 57.6 Å². The van der Waals surface area contributed by atoms with Crippen LogP contribution in [0, 0.1) is 5.41 Å². The van der Waals surface area contributed by atoms with Crippen molar-refractivity contribution in [3.8, 4) is 5.75 Å². The number of hydrogen-bond donors (Lipinski definition) is 3. The van der Waals surface area contributed by atoms with Crippen molar-refractivity contribution in [2.24, 2.45) is 10.4 Å². The molecule has 0 amide bonds. The molecule has 25 heavy (non-hydrogen) atoms. The van der Waals surface area contributed by atoms with Gasteiger partial charge >= 0.3 is 0 Å². The van der Waals surface area contributed by atoms with Crippen LogP contribution in [-0.2, 0) is 4.74 Å². The summed E-state index contributed by atoms with van der Waals surface area (Å²) in [5.74, 6) is 1.51. The summed E-state index contributed by atoms with van der Waals surface area (Å²) in [4.78, 5) is 4.21. The highest BCUT2D eigenvalue weighted by atomic mass is 127. The highest BCUT2D eigenvalue weighted by Gasteiger charge is 2.34. The molecule has 3 N–H and O–H groups in total. The summed E-state index contributed by atoms with van der Waals surface area (Å²) >= 11 is 5.84. The normalized spacial score (nSPS) is 20.0. The smallest absolute Gasteiger partial charge is 0.191 e. The number of nitrogens with zero attached hydrogens (tertiary/aromatic N) is 1. The lowest BCUT2D eigenvalue weighted by Crippen LogP contribution is -2.45. The van der Waals surface area contributed by atoms with Crippen LogP contribution in [0.5, 0.6) is 5.75 Å². The largest absolute Gasteiger partial charge is 0.492 e. The van der Waals surface area contributed by atoms with Crippen LogP contribution >= 0.6 is 35.6 Å². The third kappa shape index (κ3) is 7.55. The first-order chi connectivity index (χ1) is 11.7. The van der Waals surface area contributed by atoms with Gasteiger partial charge in [-0.15, -0.1) is 24.0 Å². The van der Waals surface area contributed by atoms with Crippen molar-refractivity contribution >= 4 is 41.5 Å². The lowest BCUT2D eigenvalue weighted by atomic mass is 9.84. The first kappa shape index (κ1) is 22.3. The van der Waals surface area contributed by atoms with Crippen LogP contribution in [0.15, 0.2) is 29.3 Å². The zero-order valence-electron chi connectivity index (χ0n) is 14.5. The predicted molar refractivity (Wildman–Crippen MR) is 111 cm³/mol. The Morgan fingerprint density at radius 2 is 2.12 bits per heavy atom. The van der Waals surface area contributed by atoms with Gasteiger partial charge in [-0.3, -0.25) is 4.99 Å². The number of ether oxygens (including phenoxy) is 2. The van der Waals surface area contributed by atoms with Crippen molar-refractivity contribution in [1.29, 1.82) is 0 Å². The number of rotatable bonds is 8. The minimum atomic E-state index is -0.00776. The van der Waals surface area contributed by atoms with Crippen molar-refractivity contribution in [2.75, 3.05) is 46.6 Å². The van der Waals surface area contributed by atoms with Crippen LogP contribution in [0.2, 0.25) is 5.02 Å². The molecule has 2 rings (SSSR count). The molecule has 0 radical (unpaired) electrons. The van der Waals surface area contributed by atoms with Gasteiger partial charge in [-0.1, -0.05) is 11.6 Å². The summed E-state index contributed by atoms with van der Waals surface area (Å²) in [7, 11) is 1.74. The number of benzene rings is 1. The molecule has 0 spiro atoms. The predicted octanol–water partition coefficient (Wildman–Crippen LogP) is 2.29. The number of hydrogen-bond acceptors (Lipinski definition) is 4. The molecule has 1 aromatic carbocycles. The summed E-state index contributed by atoms with van der Waals surface area (Å²) in [6.07, 6.45) is 1.69. The zero-order valence-corrected chi connectivity index (χ0v) is 17.5. The Balaban J connectivity index is 0.00000312. The number of aliphatic imine (C=N–C) groups is 1. The van der Waals surface area contributed by atoms with Crippen molar-refractivity contribution in [1.82, 2.24) is 10.6 Å². The van der Waals surface area contributed by atoms with Crippen molar-refractivity contribution < 1.29 is 14.6 Å². The van der Waals surface area contributed by atoms with Gasteiger partial charge in [0.1, 0.15) is 12.4 Å². The molecule has 1 saturated heterocycles. The number of nitrogens with one attached hydrogen (secondary N) is 2. The zero-order chi connectivity index (χ0) is 17.3. The van der Waals surface area contributed by atoms with E-state index in [-0.39, 0.29) is 36.0 Å². The molecule has 1 unspecified atom stereocenters. The molecule has 142 valence electrons. The van der Waals surface area contributed by atoms with E-state index in [1.807, 2.05) is 12.1 Å². The van der Waals surface area contributed by atoms with Gasteiger partial charge < -0.3 is 25.2 Å². The van der Waals surface area contributed by atoms with Gasteiger partial charge in [0.2, 0.25) is 0 Å². The second kappa shape index (κ2) is 11.8. The maximum absolute atomic E-state index is 9.26. The first-order valence-corrected chi connectivity index (χ1v) is 8.57. The van der Waals surface area contributed by atoms with E-state index in [4.69, 9.17) is 21.1 Å². The van der Waals surface area contributed by atoms with Gasteiger partial charge in [-0.2, -0.15) is 0 Å². The Bertz CT molecular complexity index is 522. The molecule has 1 aliphatic heterocycles. The third-order valence-corrected chi connectivity index (χ3v) is 4.41. The Morgan fingerprint density at radius 3 is 2.72 bits per heavy atom. The van der Waals surface area contributed by atoms with E-state index < -0.39 is 0 Å². The van der Waals surface area contributed by atoms with Crippen molar-refractivity contribution in [3.63, 3.8) is 0 Å². The van der Waals surface area contributed by atoms with E-state index in [0.717, 1.165) is 37.7 Å². The van der Waals surface area contributed by atoms with Crippen LogP contribution in [0.1, 0.15) is 12.8 Å². The SMILES string of the molecule is CN=C(NCCOc1ccc(Cl)cc1)NCC1(CCO)CCOC1.I. The molecule has 1 heterocycles. The lowest BCUT2D eigenvalue weighted by Gasteiger charge is -2.27. The van der Waals surface area contributed by atoms with E-state index in [9.17, 15) is 5.11 Å². The first-order valence-electron chi connectivity index (χ1n) is 8.19. The Morgan fingerprint density at radius 1 is 1.36 bits per heavy atom. The van der Waals surface area contributed by atoms with Crippen LogP contribution < -0.4 is 15.4 Å². The monoisotopic (exact) mass is 483 g/mol. The highest BCUT2D eigenvalue weighted by Crippen LogP contribution is 2.31. The maximum atomic E-state index is 9.26. The summed E-state index contributed by atoms with van der Waals surface area (Å²) in [6.45, 7) is 3.48. The molecule has 0 bridgehead atoms. The molecule has 0 aliphatic carbocycles. The minimum absolute atomic E-state index is 0. The van der Waals surface area contributed by atoms with Gasteiger partial charge in [0, 0.05) is 37.2 Å². The topological polar surface area (TPSA) is 75.1 Å². The van der Waals surface area contributed by atoms with E-state index in [2.05, 4.69) is 15.6 Å². The fourth-order valence-corrected chi connectivity index (χ4v) is 2.80. The van der Waals surface area contributed by atoms with E-state index >= 15 is 0 Å². The number of halogens is 2. The van der Waals surface area contributed by atoms with E-state index in [1.54, 1.807) is 19.2 Å². The molecule has 1 atom stereocenters. The average Bonchev–Trinajstić information content (AvgIpc) is 3.05. The Kier molecular flexibility index (Phi) is 10.5. The third-order valence-electron chi connectivity index (χ3n) is 4.16. The van der Waals surface area contributed by atoms with Crippen molar-refractivity contribution in [2.45, 2.75) is 12.8 Å². The van der Waals surface area contributed by atoms with Crippen LogP contribution in [0.3, 0.4) is 0 Å². The fraction of sp³-hybridized carbons (Fsp3) is 0.588. The molecule has 6 nitrogen and oxygen atoms in total. The van der Waals surface area contributed by atoms with Crippen LogP contribution in [0.25, 0.3) is 0 Å². The van der Waals surface area contributed by atoms with Crippen LogP contribution in [0.4, 0.5) is 0 Å². The average molecular weight is 484 g/mol. The summed E-state index contributed by atoms with van der Waals surface area (Å²) in [6, 6.07) is 7.28.